The van der Waals surface area contributed by atoms with Crippen molar-refractivity contribution < 1.29 is 4.79 Å². The van der Waals surface area contributed by atoms with Crippen LogP contribution in [-0.4, -0.2) is 20.7 Å². The highest BCUT2D eigenvalue weighted by atomic mass is 16.2. The van der Waals surface area contributed by atoms with Crippen LogP contribution in [0.5, 0.6) is 0 Å². The molecule has 0 aliphatic rings. The number of nitrogens with one attached hydrogen (secondary N) is 1. The summed E-state index contributed by atoms with van der Waals surface area (Å²) < 4.78 is 1.69. The van der Waals surface area contributed by atoms with E-state index in [-0.39, 0.29) is 11.5 Å². The minimum absolute atomic E-state index is 0.0200. The number of fused-ring (bicyclic) bond motifs is 2. The van der Waals surface area contributed by atoms with Crippen molar-refractivity contribution in [3.8, 4) is 11.3 Å². The molecule has 0 aliphatic heterocycles. The standard InChI is InChI=1S/C24H17N3O2/c28-22(27-14-13-17-5-1-4-8-21(17)27)15-16-9-11-18(12-10-16)23-19-6-2-3-7-20(19)24(29)26-25-23/h1-14H,15H2,(H,26,29). The molecule has 0 unspecified atom stereocenters. The maximum absolute atomic E-state index is 12.8. The van der Waals surface area contributed by atoms with E-state index < -0.39 is 0 Å². The van der Waals surface area contributed by atoms with E-state index in [0.29, 0.717) is 11.8 Å². The molecule has 1 N–H and O–H groups in total. The zero-order chi connectivity index (χ0) is 19.8. The summed E-state index contributed by atoms with van der Waals surface area (Å²) in [5, 5.41) is 9.25. The van der Waals surface area contributed by atoms with Crippen LogP contribution < -0.4 is 5.56 Å². The molecular formula is C24H17N3O2. The number of rotatable bonds is 3. The van der Waals surface area contributed by atoms with Crippen molar-refractivity contribution in [1.82, 2.24) is 14.8 Å². The molecule has 0 saturated carbocycles. The lowest BCUT2D eigenvalue weighted by molar-refractivity contribution is 0.0919. The first-order chi connectivity index (χ1) is 14.2. The van der Waals surface area contributed by atoms with Crippen molar-refractivity contribution in [3.05, 3.63) is 101 Å². The van der Waals surface area contributed by atoms with Gasteiger partial charge < -0.3 is 0 Å². The molecular weight excluding hydrogens is 362 g/mol. The van der Waals surface area contributed by atoms with Gasteiger partial charge in [0.25, 0.3) is 5.56 Å². The maximum Gasteiger partial charge on any atom is 0.272 e. The third kappa shape index (κ3) is 3.02. The Morgan fingerprint density at radius 2 is 1.59 bits per heavy atom. The predicted octanol–water partition coefficient (Wildman–Crippen LogP) is 4.43. The first kappa shape index (κ1) is 17.1. The molecule has 0 saturated heterocycles. The number of hydrogen-bond acceptors (Lipinski definition) is 3. The summed E-state index contributed by atoms with van der Waals surface area (Å²) in [6, 6.07) is 24.9. The monoisotopic (exact) mass is 379 g/mol. The topological polar surface area (TPSA) is 67.8 Å². The third-order valence-corrected chi connectivity index (χ3v) is 5.15. The first-order valence-corrected chi connectivity index (χ1v) is 9.37. The molecule has 5 rings (SSSR count). The van der Waals surface area contributed by atoms with E-state index in [1.54, 1.807) is 10.6 Å². The summed E-state index contributed by atoms with van der Waals surface area (Å²) in [7, 11) is 0. The summed E-state index contributed by atoms with van der Waals surface area (Å²) in [6.45, 7) is 0. The van der Waals surface area contributed by atoms with E-state index in [0.717, 1.165) is 33.1 Å². The van der Waals surface area contributed by atoms with E-state index in [2.05, 4.69) is 10.2 Å². The number of benzene rings is 3. The number of aromatic nitrogens is 3. The molecule has 5 heteroatoms. The van der Waals surface area contributed by atoms with Gasteiger partial charge in [-0.25, -0.2) is 5.10 Å². The molecule has 0 bridgehead atoms. The van der Waals surface area contributed by atoms with Crippen LogP contribution in [0.25, 0.3) is 32.9 Å². The molecule has 29 heavy (non-hydrogen) atoms. The first-order valence-electron chi connectivity index (χ1n) is 9.37. The Morgan fingerprint density at radius 3 is 2.41 bits per heavy atom. The van der Waals surface area contributed by atoms with E-state index in [4.69, 9.17) is 0 Å². The smallest absolute Gasteiger partial charge is 0.272 e. The second-order valence-electron chi connectivity index (χ2n) is 6.96. The second-order valence-corrected chi connectivity index (χ2v) is 6.96. The van der Waals surface area contributed by atoms with Gasteiger partial charge >= 0.3 is 0 Å². The quantitative estimate of drug-likeness (QED) is 0.504. The van der Waals surface area contributed by atoms with Crippen molar-refractivity contribution >= 4 is 27.6 Å². The number of para-hydroxylation sites is 1. The zero-order valence-electron chi connectivity index (χ0n) is 15.5. The van der Waals surface area contributed by atoms with E-state index in [1.807, 2.05) is 79.0 Å². The molecule has 0 spiro atoms. The fraction of sp³-hybridized carbons (Fsp3) is 0.0417. The van der Waals surface area contributed by atoms with Crippen LogP contribution in [0.4, 0.5) is 0 Å². The molecule has 5 nitrogen and oxygen atoms in total. The Hall–Kier alpha value is -3.99. The molecule has 0 atom stereocenters. The van der Waals surface area contributed by atoms with E-state index in [9.17, 15) is 9.59 Å². The summed E-state index contributed by atoms with van der Waals surface area (Å²) in [5.74, 6) is 0.0200. The van der Waals surface area contributed by atoms with Crippen molar-refractivity contribution in [2.24, 2.45) is 0 Å². The zero-order valence-corrected chi connectivity index (χ0v) is 15.5. The van der Waals surface area contributed by atoms with E-state index in [1.165, 1.54) is 0 Å². The van der Waals surface area contributed by atoms with Gasteiger partial charge in [0, 0.05) is 22.5 Å². The van der Waals surface area contributed by atoms with Crippen molar-refractivity contribution in [3.63, 3.8) is 0 Å². The van der Waals surface area contributed by atoms with Gasteiger partial charge in [0.1, 0.15) is 0 Å². The van der Waals surface area contributed by atoms with Gasteiger partial charge in [0.15, 0.2) is 0 Å². The number of H-pyrrole nitrogens is 1. The lowest BCUT2D eigenvalue weighted by Gasteiger charge is -2.07. The van der Waals surface area contributed by atoms with Gasteiger partial charge in [-0.05, 0) is 23.8 Å². The highest BCUT2D eigenvalue weighted by Gasteiger charge is 2.11. The fourth-order valence-electron chi connectivity index (χ4n) is 3.68. The SMILES string of the molecule is O=C(Cc1ccc(-c2n[nH]c(=O)c3ccccc23)cc1)n1ccc2ccccc21. The Kier molecular flexibility index (Phi) is 4.06. The Balaban J connectivity index is 1.45. The highest BCUT2D eigenvalue weighted by Crippen LogP contribution is 2.24. The van der Waals surface area contributed by atoms with Crippen LogP contribution in [0, 0.1) is 0 Å². The van der Waals surface area contributed by atoms with Crippen LogP contribution >= 0.6 is 0 Å². The van der Waals surface area contributed by atoms with Gasteiger partial charge in [-0.15, -0.1) is 0 Å². The second kappa shape index (κ2) is 6.87. The normalized spacial score (nSPS) is 11.2. The van der Waals surface area contributed by atoms with Gasteiger partial charge in [0.05, 0.1) is 23.0 Å². The van der Waals surface area contributed by atoms with Crippen molar-refractivity contribution in [2.75, 3.05) is 0 Å². The summed E-state index contributed by atoms with van der Waals surface area (Å²) >= 11 is 0. The molecule has 140 valence electrons. The Bertz CT molecular complexity index is 1410. The van der Waals surface area contributed by atoms with Gasteiger partial charge in [-0.2, -0.15) is 5.10 Å². The molecule has 0 aliphatic carbocycles. The number of carbonyl (C=O) groups excluding carboxylic acids is 1. The van der Waals surface area contributed by atoms with Gasteiger partial charge in [-0.1, -0.05) is 60.7 Å². The minimum atomic E-state index is -0.203. The van der Waals surface area contributed by atoms with Gasteiger partial charge in [-0.3, -0.25) is 14.2 Å². The average Bonchev–Trinajstić information content (AvgIpc) is 3.19. The lowest BCUT2D eigenvalue weighted by atomic mass is 10.0. The number of nitrogens with zero attached hydrogens (tertiary/aromatic N) is 2. The number of carbonyl (C=O) groups is 1. The van der Waals surface area contributed by atoms with Crippen LogP contribution in [0.2, 0.25) is 0 Å². The predicted molar refractivity (Wildman–Crippen MR) is 114 cm³/mol. The molecule has 5 aromatic rings. The molecule has 2 aromatic heterocycles. The summed E-state index contributed by atoms with van der Waals surface area (Å²) in [6.07, 6.45) is 2.12. The maximum atomic E-state index is 12.8. The summed E-state index contributed by atoms with van der Waals surface area (Å²) in [5.41, 5.74) is 3.24. The lowest BCUT2D eigenvalue weighted by Crippen LogP contribution is -2.12. The Labute approximate surface area is 166 Å². The molecule has 2 heterocycles. The number of hydrogen-bond donors (Lipinski definition) is 1. The van der Waals surface area contributed by atoms with Crippen LogP contribution in [-0.2, 0) is 6.42 Å². The van der Waals surface area contributed by atoms with E-state index >= 15 is 0 Å². The fourth-order valence-corrected chi connectivity index (χ4v) is 3.68. The molecule has 0 fully saturated rings. The summed E-state index contributed by atoms with van der Waals surface area (Å²) in [4.78, 5) is 24.8. The van der Waals surface area contributed by atoms with Crippen molar-refractivity contribution in [1.29, 1.82) is 0 Å². The third-order valence-electron chi connectivity index (χ3n) is 5.15. The van der Waals surface area contributed by atoms with Gasteiger partial charge in [0.2, 0.25) is 5.91 Å². The van der Waals surface area contributed by atoms with Crippen molar-refractivity contribution in [2.45, 2.75) is 6.42 Å². The van der Waals surface area contributed by atoms with Crippen LogP contribution in [0.3, 0.4) is 0 Å². The van der Waals surface area contributed by atoms with Crippen LogP contribution in [0.1, 0.15) is 10.4 Å². The largest absolute Gasteiger partial charge is 0.287 e. The average molecular weight is 379 g/mol. The molecule has 0 radical (unpaired) electrons. The minimum Gasteiger partial charge on any atom is -0.287 e. The van der Waals surface area contributed by atoms with Crippen LogP contribution in [0.15, 0.2) is 89.9 Å². The highest BCUT2D eigenvalue weighted by molar-refractivity contribution is 5.94. The number of aromatic amines is 1. The molecule has 0 amide bonds. The molecule has 3 aromatic carbocycles. The Morgan fingerprint density at radius 1 is 0.862 bits per heavy atom.